The molecule has 0 N–H and O–H groups in total. The van der Waals surface area contributed by atoms with E-state index in [1.54, 1.807) is 23.3 Å². The van der Waals surface area contributed by atoms with E-state index in [-0.39, 0.29) is 24.1 Å². The zero-order valence-electron chi connectivity index (χ0n) is 44.8. The first-order valence-corrected chi connectivity index (χ1v) is 27.6. The number of hydrogen-bond acceptors (Lipinski definition) is 8. The fourth-order valence-corrected chi connectivity index (χ4v) is 11.6. The Hall–Kier alpha value is -8.22. The number of nitrogens with zero attached hydrogens (tertiary/aromatic N) is 8. The third-order valence-corrected chi connectivity index (χ3v) is 16.6. The minimum absolute atomic E-state index is 0.0122. The summed E-state index contributed by atoms with van der Waals surface area (Å²) in [5.41, 5.74) is 10.00. The van der Waals surface area contributed by atoms with Gasteiger partial charge < -0.3 is 9.47 Å². The Balaban J connectivity index is 0.830. The van der Waals surface area contributed by atoms with E-state index >= 15 is 0 Å². The van der Waals surface area contributed by atoms with Crippen molar-refractivity contribution in [3.8, 4) is 18.3 Å². The van der Waals surface area contributed by atoms with Gasteiger partial charge in [-0.2, -0.15) is 5.26 Å². The van der Waals surface area contributed by atoms with Crippen LogP contribution in [0.25, 0.3) is 0 Å². The summed E-state index contributed by atoms with van der Waals surface area (Å²) >= 11 is 0. The third kappa shape index (κ3) is 11.1. The van der Waals surface area contributed by atoms with Crippen LogP contribution in [0.5, 0.6) is 5.75 Å². The highest BCUT2D eigenvalue weighted by atomic mass is 16.5. The lowest BCUT2D eigenvalue weighted by Gasteiger charge is -2.54. The number of aliphatic imine (C=N–C) groups is 2. The summed E-state index contributed by atoms with van der Waals surface area (Å²) in [7, 11) is 0. The molecule has 77 heavy (non-hydrogen) atoms. The second-order valence-electron chi connectivity index (χ2n) is 21.5. The van der Waals surface area contributed by atoms with Gasteiger partial charge in [0.25, 0.3) is 12.5 Å². The van der Waals surface area contributed by atoms with Gasteiger partial charge in [-0.05, 0) is 165 Å². The Morgan fingerprint density at radius 3 is 1.36 bits per heavy atom. The molecule has 12 heteroatoms. The van der Waals surface area contributed by atoms with Crippen molar-refractivity contribution in [3.63, 3.8) is 0 Å². The summed E-state index contributed by atoms with van der Waals surface area (Å²) in [6.07, 6.45) is 17.9. The number of hydrogen-bond donors (Lipinski definition) is 0. The van der Waals surface area contributed by atoms with Crippen molar-refractivity contribution in [2.75, 3.05) is 4.90 Å². The Bertz CT molecular complexity index is 3190. The van der Waals surface area contributed by atoms with Crippen LogP contribution in [-0.2, 0) is 35.1 Å². The van der Waals surface area contributed by atoms with E-state index in [1.165, 1.54) is 12.8 Å². The molecule has 6 aromatic rings. The molecule has 392 valence electrons. The minimum Gasteiger partial charge on any atom is -0.416 e. The van der Waals surface area contributed by atoms with Gasteiger partial charge >= 0.3 is 12.1 Å². The average Bonchev–Trinajstić information content (AvgIpc) is 3.57. The molecule has 0 radical (unpaired) electrons. The van der Waals surface area contributed by atoms with Crippen LogP contribution in [0, 0.1) is 23.0 Å². The van der Waals surface area contributed by atoms with Crippen molar-refractivity contribution < 1.29 is 19.1 Å². The molecular formula is C65H68N8O4. The van der Waals surface area contributed by atoms with Gasteiger partial charge in [0.15, 0.2) is 0 Å². The average molecular weight is 1030 g/mol. The van der Waals surface area contributed by atoms with Crippen LogP contribution < -0.4 is 9.64 Å². The van der Waals surface area contributed by atoms with Crippen LogP contribution in [0.4, 0.5) is 26.7 Å². The van der Waals surface area contributed by atoms with Gasteiger partial charge in [0.1, 0.15) is 11.4 Å². The summed E-state index contributed by atoms with van der Waals surface area (Å²) in [5.74, 6) is 1.90. The van der Waals surface area contributed by atoms with Crippen LogP contribution >= 0.6 is 0 Å². The molecule has 6 aromatic carbocycles. The number of rotatable bonds is 18. The maximum atomic E-state index is 14.4. The highest BCUT2D eigenvalue weighted by Crippen LogP contribution is 2.42. The molecule has 10 rings (SSSR count). The zero-order valence-corrected chi connectivity index (χ0v) is 44.8. The Labute approximate surface area is 453 Å². The van der Waals surface area contributed by atoms with Gasteiger partial charge in [-0.1, -0.05) is 149 Å². The summed E-state index contributed by atoms with van der Waals surface area (Å²) in [5, 5.41) is 18.0. The molecule has 2 unspecified atom stereocenters. The first-order chi connectivity index (χ1) is 37.5. The molecule has 2 saturated carbocycles. The number of urea groups is 2. The molecule has 0 bridgehead atoms. The van der Waals surface area contributed by atoms with Crippen LogP contribution in [0.1, 0.15) is 149 Å². The quantitative estimate of drug-likeness (QED) is 0.0786. The fraction of sp³-hybridized carbons (Fsp3) is 0.354. The van der Waals surface area contributed by atoms with E-state index in [9.17, 15) is 14.9 Å². The molecule has 2 aliphatic heterocycles. The van der Waals surface area contributed by atoms with Gasteiger partial charge in [0, 0.05) is 12.1 Å². The fourth-order valence-electron chi connectivity index (χ4n) is 11.6. The van der Waals surface area contributed by atoms with E-state index in [0.717, 1.165) is 126 Å². The van der Waals surface area contributed by atoms with E-state index in [1.807, 2.05) is 83.3 Å². The summed E-state index contributed by atoms with van der Waals surface area (Å²) in [6.45, 7) is 8.24. The van der Waals surface area contributed by atoms with Crippen LogP contribution in [0.2, 0.25) is 0 Å². The molecule has 2 aliphatic carbocycles. The largest absolute Gasteiger partial charge is 0.416 e. The SMILES string of the molecule is CCC(C)(OC#N)c1ccc(Cc2ccc(N=C3N(c4ccc(Cc5ccc(N=C6N(C7CCCCC7)C(=O)N6C(C)(CC)c6ccc(Cc7ccc(OC#N)cc7)cc6)cc5)cc4)C(=O)N3C3CCCCC3)cc2)cc1. The second kappa shape index (κ2) is 22.9. The van der Waals surface area contributed by atoms with Gasteiger partial charge in [-0.25, -0.2) is 24.5 Å². The van der Waals surface area contributed by atoms with Gasteiger partial charge in [0.05, 0.1) is 22.6 Å². The number of ether oxygens (including phenoxy) is 2. The predicted octanol–water partition coefficient (Wildman–Crippen LogP) is 15.1. The molecular weight excluding hydrogens is 957 g/mol. The molecule has 4 aliphatic rings. The number of benzene rings is 6. The lowest BCUT2D eigenvalue weighted by Crippen LogP contribution is -2.72. The zero-order chi connectivity index (χ0) is 53.5. The maximum absolute atomic E-state index is 14.4. The van der Waals surface area contributed by atoms with E-state index in [0.29, 0.717) is 36.9 Å². The molecule has 2 heterocycles. The van der Waals surface area contributed by atoms with Crippen molar-refractivity contribution in [1.29, 1.82) is 10.5 Å². The Kier molecular flexibility index (Phi) is 15.6. The normalized spacial score (nSPS) is 18.7. The number of amides is 4. The summed E-state index contributed by atoms with van der Waals surface area (Å²) in [6, 6.07) is 49.5. The molecule has 0 aromatic heterocycles. The first kappa shape index (κ1) is 52.2. The van der Waals surface area contributed by atoms with E-state index in [4.69, 9.17) is 24.7 Å². The molecule has 0 spiro atoms. The maximum Gasteiger partial charge on any atom is 0.338 e. The van der Waals surface area contributed by atoms with Crippen molar-refractivity contribution >= 4 is 41.0 Å². The molecule has 2 saturated heterocycles. The number of anilines is 1. The predicted molar refractivity (Wildman–Crippen MR) is 302 cm³/mol. The number of nitriles is 2. The molecule has 2 atom stereocenters. The van der Waals surface area contributed by atoms with Gasteiger partial charge in [0.2, 0.25) is 11.9 Å². The smallest absolute Gasteiger partial charge is 0.338 e. The minimum atomic E-state index is -0.643. The molecule has 12 nitrogen and oxygen atoms in total. The lowest BCUT2D eigenvalue weighted by atomic mass is 9.85. The Morgan fingerprint density at radius 1 is 0.506 bits per heavy atom. The van der Waals surface area contributed by atoms with Crippen LogP contribution in [0.15, 0.2) is 156 Å². The second-order valence-corrected chi connectivity index (χ2v) is 21.5. The van der Waals surface area contributed by atoms with Gasteiger partial charge in [-0.3, -0.25) is 14.7 Å². The van der Waals surface area contributed by atoms with Gasteiger partial charge in [-0.15, -0.1) is 5.26 Å². The van der Waals surface area contributed by atoms with Crippen molar-refractivity contribution in [1.82, 2.24) is 14.7 Å². The number of guanidine groups is 2. The van der Waals surface area contributed by atoms with E-state index in [2.05, 4.69) is 98.8 Å². The highest BCUT2D eigenvalue weighted by molar-refractivity contribution is 6.30. The highest BCUT2D eigenvalue weighted by Gasteiger charge is 2.54. The third-order valence-electron chi connectivity index (χ3n) is 16.6. The Morgan fingerprint density at radius 2 is 0.922 bits per heavy atom. The monoisotopic (exact) mass is 1020 g/mol. The topological polar surface area (TPSA) is 138 Å². The standard InChI is InChI=1S/C65H68N8O4/c1-5-64(3,52-29-17-46(18-30-52)42-51-27-39-59(40-28-51)76-44-66)73-61(72(63(73)75)57-15-11-8-12-16-57)69-55-35-23-49(24-36-55)43-50-25-37-58(38-26-50)71-60(70(62(71)74)56-13-9-7-10-14-56)68-54-33-21-48(22-34-54)41-47-19-31-53(32-20-47)65(4,6-2)77-45-67/h17-40,56-57H,5-16,41-43H2,1-4H3. The summed E-state index contributed by atoms with van der Waals surface area (Å²) in [4.78, 5) is 46.4. The molecule has 4 fully saturated rings. The van der Waals surface area contributed by atoms with Crippen LogP contribution in [0.3, 0.4) is 0 Å². The first-order valence-electron chi connectivity index (χ1n) is 27.6. The lowest BCUT2D eigenvalue weighted by molar-refractivity contribution is 0.0463. The number of carbonyl (C=O) groups excluding carboxylic acids is 2. The van der Waals surface area contributed by atoms with Crippen molar-refractivity contribution in [2.45, 2.75) is 147 Å². The number of carbonyl (C=O) groups is 2. The summed E-state index contributed by atoms with van der Waals surface area (Å²) < 4.78 is 10.4. The van der Waals surface area contributed by atoms with Crippen molar-refractivity contribution in [3.05, 3.63) is 190 Å². The molecule has 4 amide bonds. The van der Waals surface area contributed by atoms with Crippen LogP contribution in [-0.4, -0.2) is 50.8 Å². The van der Waals surface area contributed by atoms with Crippen molar-refractivity contribution in [2.24, 2.45) is 9.98 Å². The van der Waals surface area contributed by atoms with E-state index < -0.39 is 11.1 Å².